The lowest BCUT2D eigenvalue weighted by Crippen LogP contribution is -2.43. The van der Waals surface area contributed by atoms with Gasteiger partial charge in [-0.05, 0) is 18.6 Å². The van der Waals surface area contributed by atoms with Crippen LogP contribution in [0.1, 0.15) is 12.5 Å². The van der Waals surface area contributed by atoms with E-state index < -0.39 is 30.6 Å². The summed E-state index contributed by atoms with van der Waals surface area (Å²) in [6.45, 7) is 4.63. The first kappa shape index (κ1) is 16.2. The molecular formula is C14H17N3O4. The molecule has 7 nitrogen and oxygen atoms in total. The minimum Gasteiger partial charge on any atom is -0.440 e. The van der Waals surface area contributed by atoms with Crippen molar-refractivity contribution in [1.29, 1.82) is 0 Å². The lowest BCUT2D eigenvalue weighted by molar-refractivity contribution is -0.128. The molecule has 7 heteroatoms. The first-order valence-corrected chi connectivity index (χ1v) is 6.18. The van der Waals surface area contributed by atoms with Crippen LogP contribution in [0.3, 0.4) is 0 Å². The summed E-state index contributed by atoms with van der Waals surface area (Å²) in [4.78, 5) is 33.7. The number of hydrogen-bond acceptors (Lipinski definition) is 4. The molecule has 0 heterocycles. The number of amides is 3. The molecule has 112 valence electrons. The van der Waals surface area contributed by atoms with Gasteiger partial charge in [0.2, 0.25) is 5.91 Å². The molecule has 0 fully saturated rings. The van der Waals surface area contributed by atoms with Crippen molar-refractivity contribution in [3.63, 3.8) is 0 Å². The number of carbonyl (C=O) groups excluding carboxylic acids is 3. The van der Waals surface area contributed by atoms with E-state index in [9.17, 15) is 14.4 Å². The molecule has 1 unspecified atom stereocenters. The largest absolute Gasteiger partial charge is 0.440 e. The number of primary amides is 1. The van der Waals surface area contributed by atoms with Gasteiger partial charge in [-0.1, -0.05) is 30.9 Å². The minimum absolute atomic E-state index is 0.406. The number of hydrogen-bond donors (Lipinski definition) is 3. The Balaban J connectivity index is 2.56. The normalized spacial score (nSPS) is 11.1. The van der Waals surface area contributed by atoms with Crippen LogP contribution < -0.4 is 16.4 Å². The van der Waals surface area contributed by atoms with Gasteiger partial charge in [-0.25, -0.2) is 4.79 Å². The van der Waals surface area contributed by atoms with E-state index in [0.717, 1.165) is 5.56 Å². The van der Waals surface area contributed by atoms with Crippen LogP contribution in [-0.2, 0) is 14.3 Å². The van der Waals surface area contributed by atoms with Gasteiger partial charge < -0.3 is 21.1 Å². The lowest BCUT2D eigenvalue weighted by atomic mass is 10.1. The number of benzene rings is 1. The van der Waals surface area contributed by atoms with Crippen molar-refractivity contribution in [3.05, 3.63) is 36.4 Å². The molecule has 0 aliphatic rings. The molecule has 0 aliphatic heterocycles. The summed E-state index contributed by atoms with van der Waals surface area (Å²) in [5, 5.41) is 5.06. The van der Waals surface area contributed by atoms with E-state index in [-0.39, 0.29) is 0 Å². The Labute approximate surface area is 122 Å². The maximum atomic E-state index is 12.0. The fourth-order valence-electron chi connectivity index (χ4n) is 1.52. The van der Waals surface area contributed by atoms with Gasteiger partial charge in [-0.3, -0.25) is 9.59 Å². The van der Waals surface area contributed by atoms with E-state index in [2.05, 4.69) is 21.9 Å². The molecule has 3 amide bonds. The summed E-state index contributed by atoms with van der Waals surface area (Å²) in [5.74, 6) is -1.02. The van der Waals surface area contributed by atoms with Crippen molar-refractivity contribution < 1.29 is 19.1 Å². The average Bonchev–Trinajstić information content (AvgIpc) is 2.45. The molecule has 0 spiro atoms. The van der Waals surface area contributed by atoms with Gasteiger partial charge in [0.05, 0.1) is 0 Å². The number of nitrogens with two attached hydrogens (primary N) is 1. The highest BCUT2D eigenvalue weighted by atomic mass is 16.5. The third-order valence-corrected chi connectivity index (χ3v) is 2.55. The molecule has 1 aromatic rings. The summed E-state index contributed by atoms with van der Waals surface area (Å²) in [6, 6.07) is 6.31. The Morgan fingerprint density at radius 2 is 2.05 bits per heavy atom. The number of para-hydroxylation sites is 1. The Bertz CT molecular complexity index is 557. The topological polar surface area (TPSA) is 111 Å². The summed E-state index contributed by atoms with van der Waals surface area (Å²) >= 11 is 0. The van der Waals surface area contributed by atoms with Gasteiger partial charge in [0.1, 0.15) is 6.04 Å². The van der Waals surface area contributed by atoms with Gasteiger partial charge in [-0.2, -0.15) is 0 Å². The number of nitrogens with one attached hydrogen (secondary N) is 2. The molecule has 0 aromatic heterocycles. The third-order valence-electron chi connectivity index (χ3n) is 2.55. The molecule has 0 bridgehead atoms. The first-order valence-electron chi connectivity index (χ1n) is 6.18. The van der Waals surface area contributed by atoms with Crippen molar-refractivity contribution in [1.82, 2.24) is 5.32 Å². The highest BCUT2D eigenvalue weighted by Gasteiger charge is 2.17. The fraction of sp³-hybridized carbons (Fsp3) is 0.214. The molecule has 0 saturated heterocycles. The zero-order valence-corrected chi connectivity index (χ0v) is 11.6. The van der Waals surface area contributed by atoms with Crippen LogP contribution in [0, 0.1) is 0 Å². The van der Waals surface area contributed by atoms with E-state index in [1.165, 1.54) is 6.92 Å². The predicted molar refractivity (Wildman–Crippen MR) is 78.3 cm³/mol. The van der Waals surface area contributed by atoms with Gasteiger partial charge in [-0.15, -0.1) is 0 Å². The van der Waals surface area contributed by atoms with Crippen molar-refractivity contribution in [3.8, 4) is 0 Å². The second kappa shape index (κ2) is 7.68. The fourth-order valence-corrected chi connectivity index (χ4v) is 1.52. The van der Waals surface area contributed by atoms with Crippen LogP contribution in [0.2, 0.25) is 0 Å². The molecule has 1 rings (SSSR count). The predicted octanol–water partition coefficient (Wildman–Crippen LogP) is 0.868. The standard InChI is InChI=1S/C14H17N3O4/c1-3-10-6-4-5-7-11(10)17-13(19)9(2)16-12(18)8-21-14(15)20/h3-7,9H,1,8H2,2H3,(H2,15,20)(H,16,18)(H,17,19). The number of ether oxygens (including phenoxy) is 1. The second-order valence-electron chi connectivity index (χ2n) is 4.18. The third kappa shape index (κ3) is 5.35. The maximum Gasteiger partial charge on any atom is 0.405 e. The van der Waals surface area contributed by atoms with Crippen molar-refractivity contribution >= 4 is 29.7 Å². The smallest absolute Gasteiger partial charge is 0.405 e. The zero-order chi connectivity index (χ0) is 15.8. The molecular weight excluding hydrogens is 274 g/mol. The van der Waals surface area contributed by atoms with Crippen molar-refractivity contribution in [2.24, 2.45) is 5.73 Å². The maximum absolute atomic E-state index is 12.0. The first-order chi connectivity index (χ1) is 9.93. The summed E-state index contributed by atoms with van der Waals surface area (Å²) in [6.07, 6.45) is 0.557. The molecule has 21 heavy (non-hydrogen) atoms. The molecule has 1 atom stereocenters. The van der Waals surface area contributed by atoms with Crippen LogP contribution in [0.15, 0.2) is 30.8 Å². The van der Waals surface area contributed by atoms with Gasteiger partial charge >= 0.3 is 6.09 Å². The highest BCUT2D eigenvalue weighted by Crippen LogP contribution is 2.16. The Kier molecular flexibility index (Phi) is 5.94. The highest BCUT2D eigenvalue weighted by molar-refractivity contribution is 5.98. The van der Waals surface area contributed by atoms with Gasteiger partial charge in [0.25, 0.3) is 5.91 Å². The van der Waals surface area contributed by atoms with E-state index >= 15 is 0 Å². The number of rotatable bonds is 6. The summed E-state index contributed by atoms with van der Waals surface area (Å²) in [5.41, 5.74) is 6.09. The SMILES string of the molecule is C=Cc1ccccc1NC(=O)C(C)NC(=O)COC(N)=O. The van der Waals surface area contributed by atoms with E-state index in [4.69, 9.17) is 5.73 Å². The van der Waals surface area contributed by atoms with Crippen LogP contribution in [0.4, 0.5) is 10.5 Å². The summed E-state index contributed by atoms with van der Waals surface area (Å²) in [7, 11) is 0. The lowest BCUT2D eigenvalue weighted by Gasteiger charge is -2.15. The van der Waals surface area contributed by atoms with Crippen molar-refractivity contribution in [2.45, 2.75) is 13.0 Å². The van der Waals surface area contributed by atoms with E-state index in [0.29, 0.717) is 5.69 Å². The molecule has 0 radical (unpaired) electrons. The Hall–Kier alpha value is -2.83. The Morgan fingerprint density at radius 3 is 2.67 bits per heavy atom. The summed E-state index contributed by atoms with van der Waals surface area (Å²) < 4.78 is 4.32. The minimum atomic E-state index is -1.05. The van der Waals surface area contributed by atoms with E-state index in [1.807, 2.05) is 6.07 Å². The van der Waals surface area contributed by atoms with Gasteiger partial charge in [0.15, 0.2) is 6.61 Å². The quantitative estimate of drug-likeness (QED) is 0.722. The van der Waals surface area contributed by atoms with Gasteiger partial charge in [0, 0.05) is 5.69 Å². The molecule has 0 saturated carbocycles. The average molecular weight is 291 g/mol. The van der Waals surface area contributed by atoms with Crippen LogP contribution in [0.5, 0.6) is 0 Å². The van der Waals surface area contributed by atoms with E-state index in [1.54, 1.807) is 24.3 Å². The number of anilines is 1. The van der Waals surface area contributed by atoms with Crippen molar-refractivity contribution in [2.75, 3.05) is 11.9 Å². The molecule has 0 aliphatic carbocycles. The monoisotopic (exact) mass is 291 g/mol. The second-order valence-corrected chi connectivity index (χ2v) is 4.18. The van der Waals surface area contributed by atoms with Crippen LogP contribution >= 0.6 is 0 Å². The Morgan fingerprint density at radius 1 is 1.38 bits per heavy atom. The molecule has 4 N–H and O–H groups in total. The zero-order valence-electron chi connectivity index (χ0n) is 11.6. The van der Waals surface area contributed by atoms with Crippen LogP contribution in [0.25, 0.3) is 6.08 Å². The number of carbonyl (C=O) groups is 3. The van der Waals surface area contributed by atoms with Crippen LogP contribution in [-0.4, -0.2) is 30.6 Å². The molecule has 1 aromatic carbocycles.